The van der Waals surface area contributed by atoms with Gasteiger partial charge in [-0.25, -0.2) is 4.98 Å². The summed E-state index contributed by atoms with van der Waals surface area (Å²) in [6.45, 7) is 0. The lowest BCUT2D eigenvalue weighted by atomic mass is 9.90. The van der Waals surface area contributed by atoms with Gasteiger partial charge in [0.2, 0.25) is 0 Å². The van der Waals surface area contributed by atoms with Gasteiger partial charge >= 0.3 is 0 Å². The molecule has 0 radical (unpaired) electrons. The quantitative estimate of drug-likeness (QED) is 0.605. The largest absolute Gasteiger partial charge is 0.327 e. The van der Waals surface area contributed by atoms with E-state index in [1.165, 1.54) is 12.6 Å². The predicted octanol–water partition coefficient (Wildman–Crippen LogP) is 1.57. The number of Topliss-reactive ketones (excluding diaryl/α,β-unsaturated/α-hetero) is 1. The number of hydrogen-bond acceptors (Lipinski definition) is 4. The van der Waals surface area contributed by atoms with Gasteiger partial charge < -0.3 is 5.73 Å². The number of carbonyl (C=O) groups excluding carboxylic acids is 1. The van der Waals surface area contributed by atoms with Crippen molar-refractivity contribution in [3.8, 4) is 0 Å². The molecule has 4 heteroatoms. The van der Waals surface area contributed by atoms with Gasteiger partial charge in [0.25, 0.3) is 0 Å². The van der Waals surface area contributed by atoms with Gasteiger partial charge in [0.1, 0.15) is 5.69 Å². The molecule has 1 fully saturated rings. The van der Waals surface area contributed by atoms with Crippen molar-refractivity contribution in [3.63, 3.8) is 0 Å². The van der Waals surface area contributed by atoms with Gasteiger partial charge in [0.05, 0.1) is 6.20 Å². The molecular formula is C12H17N3O. The molecule has 1 heterocycles. The van der Waals surface area contributed by atoms with E-state index in [-0.39, 0.29) is 17.7 Å². The molecular weight excluding hydrogens is 202 g/mol. The van der Waals surface area contributed by atoms with Crippen LogP contribution in [0.2, 0.25) is 0 Å². The highest BCUT2D eigenvalue weighted by Gasteiger charge is 2.28. The molecule has 0 bridgehead atoms. The number of carbonyl (C=O) groups is 1. The van der Waals surface area contributed by atoms with E-state index in [1.807, 2.05) is 0 Å². The van der Waals surface area contributed by atoms with Crippen LogP contribution in [-0.4, -0.2) is 21.8 Å². The van der Waals surface area contributed by atoms with E-state index in [1.54, 1.807) is 12.4 Å². The van der Waals surface area contributed by atoms with Crippen molar-refractivity contribution in [1.82, 2.24) is 9.97 Å². The molecule has 1 aromatic heterocycles. The lowest BCUT2D eigenvalue weighted by Crippen LogP contribution is -2.35. The second kappa shape index (κ2) is 5.16. The fourth-order valence-corrected chi connectivity index (χ4v) is 2.28. The molecule has 0 aliphatic heterocycles. The Morgan fingerprint density at radius 1 is 1.25 bits per heavy atom. The first-order valence-electron chi connectivity index (χ1n) is 5.85. The van der Waals surface area contributed by atoms with Crippen LogP contribution in [0.5, 0.6) is 0 Å². The Hall–Kier alpha value is -1.29. The minimum Gasteiger partial charge on any atom is -0.327 e. The number of ketones is 1. The molecule has 1 saturated carbocycles. The average molecular weight is 219 g/mol. The van der Waals surface area contributed by atoms with Crippen LogP contribution < -0.4 is 5.73 Å². The first-order chi connectivity index (χ1) is 7.79. The van der Waals surface area contributed by atoms with E-state index in [0.29, 0.717) is 5.69 Å². The summed E-state index contributed by atoms with van der Waals surface area (Å²) in [7, 11) is 0. The Morgan fingerprint density at radius 3 is 2.81 bits per heavy atom. The lowest BCUT2D eigenvalue weighted by Gasteiger charge is -2.19. The molecule has 16 heavy (non-hydrogen) atoms. The molecule has 2 unspecified atom stereocenters. The molecule has 2 rings (SSSR count). The van der Waals surface area contributed by atoms with Crippen molar-refractivity contribution in [2.75, 3.05) is 0 Å². The Bertz CT molecular complexity index is 353. The van der Waals surface area contributed by atoms with Crippen LogP contribution in [0.4, 0.5) is 0 Å². The molecule has 86 valence electrons. The van der Waals surface area contributed by atoms with Gasteiger partial charge in [0.15, 0.2) is 5.78 Å². The molecule has 0 amide bonds. The average Bonchev–Trinajstić information content (AvgIpc) is 2.54. The monoisotopic (exact) mass is 219 g/mol. The SMILES string of the molecule is NC1CCCCCC1C(=O)c1cnccn1. The van der Waals surface area contributed by atoms with Crippen LogP contribution in [0.25, 0.3) is 0 Å². The molecule has 0 spiro atoms. The number of nitrogens with zero attached hydrogens (tertiary/aromatic N) is 2. The van der Waals surface area contributed by atoms with Crippen molar-refractivity contribution in [2.45, 2.75) is 38.1 Å². The lowest BCUT2D eigenvalue weighted by molar-refractivity contribution is 0.0889. The van der Waals surface area contributed by atoms with Crippen molar-refractivity contribution >= 4 is 5.78 Å². The summed E-state index contributed by atoms with van der Waals surface area (Å²) in [6, 6.07) is -0.0167. The Balaban J connectivity index is 2.14. The maximum Gasteiger partial charge on any atom is 0.187 e. The van der Waals surface area contributed by atoms with Crippen molar-refractivity contribution in [2.24, 2.45) is 11.7 Å². The maximum absolute atomic E-state index is 12.2. The standard InChI is InChI=1S/C12H17N3O/c13-10-5-3-1-2-4-9(10)12(16)11-8-14-6-7-15-11/h6-10H,1-5,13H2. The van der Waals surface area contributed by atoms with Crippen LogP contribution >= 0.6 is 0 Å². The third kappa shape index (κ3) is 2.44. The van der Waals surface area contributed by atoms with Gasteiger partial charge in [-0.2, -0.15) is 0 Å². The maximum atomic E-state index is 12.2. The van der Waals surface area contributed by atoms with E-state index in [4.69, 9.17) is 5.73 Å². The van der Waals surface area contributed by atoms with Gasteiger partial charge in [0, 0.05) is 24.4 Å². The zero-order valence-electron chi connectivity index (χ0n) is 9.30. The number of aromatic nitrogens is 2. The molecule has 2 N–H and O–H groups in total. The number of nitrogens with two attached hydrogens (primary N) is 1. The van der Waals surface area contributed by atoms with Crippen LogP contribution in [0, 0.1) is 5.92 Å². The predicted molar refractivity (Wildman–Crippen MR) is 60.9 cm³/mol. The van der Waals surface area contributed by atoms with Crippen LogP contribution in [-0.2, 0) is 0 Å². The number of rotatable bonds is 2. The van der Waals surface area contributed by atoms with Gasteiger partial charge in [-0.15, -0.1) is 0 Å². The normalized spacial score (nSPS) is 26.1. The third-order valence-corrected chi connectivity index (χ3v) is 3.22. The van der Waals surface area contributed by atoms with E-state index >= 15 is 0 Å². The molecule has 1 aliphatic rings. The van der Waals surface area contributed by atoms with Crippen molar-refractivity contribution in [1.29, 1.82) is 0 Å². The first kappa shape index (κ1) is 11.2. The summed E-state index contributed by atoms with van der Waals surface area (Å²) in [5, 5.41) is 0. The summed E-state index contributed by atoms with van der Waals surface area (Å²) in [4.78, 5) is 20.2. The summed E-state index contributed by atoms with van der Waals surface area (Å²) < 4.78 is 0. The van der Waals surface area contributed by atoms with Gasteiger partial charge in [-0.05, 0) is 12.8 Å². The molecule has 4 nitrogen and oxygen atoms in total. The Labute approximate surface area is 95.3 Å². The minimum atomic E-state index is -0.0702. The van der Waals surface area contributed by atoms with Crippen LogP contribution in [0.15, 0.2) is 18.6 Å². The number of hydrogen-bond donors (Lipinski definition) is 1. The van der Waals surface area contributed by atoms with Gasteiger partial charge in [-0.1, -0.05) is 19.3 Å². The van der Waals surface area contributed by atoms with E-state index in [2.05, 4.69) is 9.97 Å². The van der Waals surface area contributed by atoms with Crippen LogP contribution in [0.3, 0.4) is 0 Å². The zero-order chi connectivity index (χ0) is 11.4. The van der Waals surface area contributed by atoms with Crippen molar-refractivity contribution in [3.05, 3.63) is 24.3 Å². The zero-order valence-corrected chi connectivity index (χ0v) is 9.30. The fourth-order valence-electron chi connectivity index (χ4n) is 2.28. The molecule has 1 aliphatic carbocycles. The highest BCUT2D eigenvalue weighted by atomic mass is 16.1. The topological polar surface area (TPSA) is 68.9 Å². The molecule has 0 aromatic carbocycles. The molecule has 0 saturated heterocycles. The highest BCUT2D eigenvalue weighted by Crippen LogP contribution is 2.24. The summed E-state index contributed by atoms with van der Waals surface area (Å²) in [5.41, 5.74) is 6.50. The summed E-state index contributed by atoms with van der Waals surface area (Å²) in [6.07, 6.45) is 9.88. The molecule has 2 atom stereocenters. The fraction of sp³-hybridized carbons (Fsp3) is 0.583. The third-order valence-electron chi connectivity index (χ3n) is 3.22. The second-order valence-electron chi connectivity index (χ2n) is 4.36. The van der Waals surface area contributed by atoms with Crippen LogP contribution in [0.1, 0.15) is 42.6 Å². The summed E-state index contributed by atoms with van der Waals surface area (Å²) in [5.74, 6) is -0.0123. The first-order valence-corrected chi connectivity index (χ1v) is 5.85. The van der Waals surface area contributed by atoms with Crippen molar-refractivity contribution < 1.29 is 4.79 Å². The second-order valence-corrected chi connectivity index (χ2v) is 4.36. The van der Waals surface area contributed by atoms with E-state index in [9.17, 15) is 4.79 Å². The molecule has 1 aromatic rings. The van der Waals surface area contributed by atoms with E-state index in [0.717, 1.165) is 25.7 Å². The van der Waals surface area contributed by atoms with Gasteiger partial charge in [-0.3, -0.25) is 9.78 Å². The Kier molecular flexibility index (Phi) is 3.62. The summed E-state index contributed by atoms with van der Waals surface area (Å²) >= 11 is 0. The van der Waals surface area contributed by atoms with E-state index < -0.39 is 0 Å². The highest BCUT2D eigenvalue weighted by molar-refractivity contribution is 5.96. The minimum absolute atomic E-state index is 0.0167. The smallest absolute Gasteiger partial charge is 0.187 e. The Morgan fingerprint density at radius 2 is 2.06 bits per heavy atom.